The zero-order valence-electron chi connectivity index (χ0n) is 11.0. The smallest absolute Gasteiger partial charge is 0.123 e. The predicted molar refractivity (Wildman–Crippen MR) is 62.7 cm³/mol. The Labute approximate surface area is 94.5 Å². The van der Waals surface area contributed by atoms with E-state index in [1.54, 1.807) is 0 Å². The second kappa shape index (κ2) is 8.08. The number of hydrogen-bond acceptors (Lipinski definition) is 2. The van der Waals surface area contributed by atoms with Gasteiger partial charge in [0, 0.05) is 0 Å². The highest BCUT2D eigenvalue weighted by molar-refractivity contribution is 4.56. The molecule has 0 aliphatic heterocycles. The molecule has 0 amide bonds. The second-order valence-corrected chi connectivity index (χ2v) is 4.06. The maximum atomic E-state index is 5.64. The van der Waals surface area contributed by atoms with Crippen molar-refractivity contribution in [3.8, 4) is 0 Å². The van der Waals surface area contributed by atoms with Crippen LogP contribution >= 0.6 is 0 Å². The lowest BCUT2D eigenvalue weighted by Gasteiger charge is -2.23. The van der Waals surface area contributed by atoms with Crippen molar-refractivity contribution in [2.24, 2.45) is 0 Å². The standard InChI is InChI=1S/C12H26NO2/c1-7-9(3)14-11(5)13-12(6)15-10(4)8-2/h9-12H,7-8H2,1-6H3. The van der Waals surface area contributed by atoms with Gasteiger partial charge in [0.25, 0.3) is 0 Å². The van der Waals surface area contributed by atoms with Crippen LogP contribution in [0.5, 0.6) is 0 Å². The van der Waals surface area contributed by atoms with Crippen molar-refractivity contribution in [3.05, 3.63) is 0 Å². The molecule has 0 aromatic carbocycles. The fourth-order valence-corrected chi connectivity index (χ4v) is 1.23. The molecule has 4 atom stereocenters. The molecule has 0 bridgehead atoms. The minimum Gasteiger partial charge on any atom is -0.359 e. The Hall–Kier alpha value is -0.120. The highest BCUT2D eigenvalue weighted by Crippen LogP contribution is 2.05. The van der Waals surface area contributed by atoms with E-state index in [4.69, 9.17) is 9.47 Å². The Kier molecular flexibility index (Phi) is 8.02. The van der Waals surface area contributed by atoms with E-state index in [1.807, 2.05) is 13.8 Å². The van der Waals surface area contributed by atoms with Gasteiger partial charge in [-0.3, -0.25) is 0 Å². The van der Waals surface area contributed by atoms with Crippen LogP contribution in [0.2, 0.25) is 0 Å². The molecule has 0 aromatic rings. The van der Waals surface area contributed by atoms with Crippen LogP contribution in [0.15, 0.2) is 0 Å². The van der Waals surface area contributed by atoms with E-state index in [0.717, 1.165) is 12.8 Å². The topological polar surface area (TPSA) is 32.6 Å². The number of ether oxygens (including phenoxy) is 2. The summed E-state index contributed by atoms with van der Waals surface area (Å²) in [5, 5.41) is 4.41. The van der Waals surface area contributed by atoms with Crippen LogP contribution in [0.3, 0.4) is 0 Å². The monoisotopic (exact) mass is 216 g/mol. The van der Waals surface area contributed by atoms with Gasteiger partial charge in [-0.2, -0.15) is 5.32 Å². The third-order valence-corrected chi connectivity index (χ3v) is 2.43. The van der Waals surface area contributed by atoms with Crippen LogP contribution in [0.1, 0.15) is 54.4 Å². The molecule has 0 aromatic heterocycles. The summed E-state index contributed by atoms with van der Waals surface area (Å²) in [6.45, 7) is 12.3. The largest absolute Gasteiger partial charge is 0.359 e. The summed E-state index contributed by atoms with van der Waals surface area (Å²) in [6.07, 6.45) is 2.39. The van der Waals surface area contributed by atoms with E-state index in [0.29, 0.717) is 0 Å². The zero-order chi connectivity index (χ0) is 11.8. The molecule has 0 saturated carbocycles. The Morgan fingerprint density at radius 1 is 0.800 bits per heavy atom. The first-order valence-corrected chi connectivity index (χ1v) is 6.00. The Morgan fingerprint density at radius 3 is 1.40 bits per heavy atom. The molecular weight excluding hydrogens is 190 g/mol. The molecule has 0 rings (SSSR count). The van der Waals surface area contributed by atoms with Crippen LogP contribution in [-0.2, 0) is 9.47 Å². The summed E-state index contributed by atoms with van der Waals surface area (Å²) in [7, 11) is 0. The summed E-state index contributed by atoms with van der Waals surface area (Å²) < 4.78 is 11.3. The first kappa shape index (κ1) is 14.9. The van der Waals surface area contributed by atoms with E-state index in [2.05, 4.69) is 33.0 Å². The Bertz CT molecular complexity index is 137. The van der Waals surface area contributed by atoms with Crippen molar-refractivity contribution in [1.82, 2.24) is 5.32 Å². The zero-order valence-corrected chi connectivity index (χ0v) is 11.0. The maximum absolute atomic E-state index is 5.64. The Balaban J connectivity index is 3.70. The van der Waals surface area contributed by atoms with Crippen LogP contribution in [0.25, 0.3) is 0 Å². The van der Waals surface area contributed by atoms with Crippen molar-refractivity contribution >= 4 is 0 Å². The highest BCUT2D eigenvalue weighted by atomic mass is 16.5. The van der Waals surface area contributed by atoms with Crippen molar-refractivity contribution in [2.75, 3.05) is 0 Å². The summed E-state index contributed by atoms with van der Waals surface area (Å²) in [5.41, 5.74) is 0. The number of rotatable bonds is 8. The fraction of sp³-hybridized carbons (Fsp3) is 1.00. The number of hydrogen-bond donors (Lipinski definition) is 0. The van der Waals surface area contributed by atoms with Crippen molar-refractivity contribution < 1.29 is 9.47 Å². The van der Waals surface area contributed by atoms with Crippen LogP contribution < -0.4 is 5.32 Å². The normalized spacial score (nSPS) is 19.6. The molecule has 0 aliphatic rings. The van der Waals surface area contributed by atoms with Gasteiger partial charge >= 0.3 is 0 Å². The molecule has 0 spiro atoms. The van der Waals surface area contributed by atoms with E-state index >= 15 is 0 Å². The van der Waals surface area contributed by atoms with E-state index in [9.17, 15) is 0 Å². The molecule has 3 heteroatoms. The van der Waals surface area contributed by atoms with Gasteiger partial charge < -0.3 is 9.47 Å². The molecule has 0 fully saturated rings. The second-order valence-electron chi connectivity index (χ2n) is 4.06. The molecular formula is C12H26NO2. The minimum atomic E-state index is -0.0843. The van der Waals surface area contributed by atoms with Gasteiger partial charge in [0.05, 0.1) is 12.2 Å². The van der Waals surface area contributed by atoms with Gasteiger partial charge in [-0.1, -0.05) is 13.8 Å². The quantitative estimate of drug-likeness (QED) is 0.625. The van der Waals surface area contributed by atoms with Crippen LogP contribution in [0, 0.1) is 0 Å². The van der Waals surface area contributed by atoms with Crippen LogP contribution in [-0.4, -0.2) is 24.7 Å². The first-order valence-electron chi connectivity index (χ1n) is 6.00. The molecule has 0 N–H and O–H groups in total. The van der Waals surface area contributed by atoms with Crippen LogP contribution in [0.4, 0.5) is 0 Å². The SMILES string of the molecule is CCC(C)OC(C)[N]C(C)OC(C)CC. The van der Waals surface area contributed by atoms with Crippen molar-refractivity contribution in [3.63, 3.8) is 0 Å². The molecule has 0 heterocycles. The maximum Gasteiger partial charge on any atom is 0.123 e. The first-order chi connectivity index (χ1) is 6.99. The van der Waals surface area contributed by atoms with Gasteiger partial charge in [-0.15, -0.1) is 0 Å². The lowest BCUT2D eigenvalue weighted by atomic mass is 10.3. The van der Waals surface area contributed by atoms with Crippen molar-refractivity contribution in [1.29, 1.82) is 0 Å². The van der Waals surface area contributed by atoms with E-state index in [1.165, 1.54) is 0 Å². The third kappa shape index (κ3) is 7.77. The minimum absolute atomic E-state index is 0.0843. The van der Waals surface area contributed by atoms with Gasteiger partial charge in [0.2, 0.25) is 0 Å². The Morgan fingerprint density at radius 2 is 1.13 bits per heavy atom. The predicted octanol–water partition coefficient (Wildman–Crippen LogP) is 2.91. The molecule has 3 nitrogen and oxygen atoms in total. The molecule has 15 heavy (non-hydrogen) atoms. The fourth-order valence-electron chi connectivity index (χ4n) is 1.23. The molecule has 1 radical (unpaired) electrons. The van der Waals surface area contributed by atoms with Gasteiger partial charge in [0.1, 0.15) is 12.5 Å². The summed E-state index contributed by atoms with van der Waals surface area (Å²) >= 11 is 0. The summed E-state index contributed by atoms with van der Waals surface area (Å²) in [6, 6.07) is 0. The third-order valence-electron chi connectivity index (χ3n) is 2.43. The van der Waals surface area contributed by atoms with E-state index in [-0.39, 0.29) is 24.7 Å². The van der Waals surface area contributed by atoms with Crippen molar-refractivity contribution in [2.45, 2.75) is 79.0 Å². The lowest BCUT2D eigenvalue weighted by molar-refractivity contribution is -0.0789. The van der Waals surface area contributed by atoms with Gasteiger partial charge in [-0.25, -0.2) is 0 Å². The molecule has 4 unspecified atom stereocenters. The molecule has 91 valence electrons. The van der Waals surface area contributed by atoms with Gasteiger partial charge in [0.15, 0.2) is 0 Å². The average molecular weight is 216 g/mol. The summed E-state index contributed by atoms with van der Waals surface area (Å²) in [5.74, 6) is 0. The lowest BCUT2D eigenvalue weighted by Crippen LogP contribution is -2.35. The molecule has 0 saturated heterocycles. The highest BCUT2D eigenvalue weighted by Gasteiger charge is 2.13. The van der Waals surface area contributed by atoms with E-state index < -0.39 is 0 Å². The number of nitrogens with zero attached hydrogens (tertiary/aromatic N) is 1. The summed E-state index contributed by atoms with van der Waals surface area (Å²) in [4.78, 5) is 0. The molecule has 0 aliphatic carbocycles. The van der Waals surface area contributed by atoms with Gasteiger partial charge in [-0.05, 0) is 40.5 Å². The average Bonchev–Trinajstić information content (AvgIpc) is 2.16.